The van der Waals surface area contributed by atoms with E-state index in [2.05, 4.69) is 17.6 Å². The Balaban J connectivity index is 2.55. The van der Waals surface area contributed by atoms with Crippen LogP contribution in [0.3, 0.4) is 0 Å². The van der Waals surface area contributed by atoms with Crippen LogP contribution in [-0.2, 0) is 23.9 Å². The maximum absolute atomic E-state index is 13.1. The van der Waals surface area contributed by atoms with Gasteiger partial charge in [-0.15, -0.1) is 0 Å². The van der Waals surface area contributed by atoms with Crippen LogP contribution < -0.4 is 10.6 Å². The van der Waals surface area contributed by atoms with Gasteiger partial charge in [-0.2, -0.15) is 0 Å². The highest BCUT2D eigenvalue weighted by Gasteiger charge is 2.47. The van der Waals surface area contributed by atoms with Gasteiger partial charge in [-0.05, 0) is 18.8 Å². The lowest BCUT2D eigenvalue weighted by atomic mass is 9.96. The van der Waals surface area contributed by atoms with Crippen molar-refractivity contribution in [2.45, 2.75) is 154 Å². The Hall–Kier alpha value is -1.75. The zero-order valence-corrected chi connectivity index (χ0v) is 24.5. The normalized spacial score (nSPS) is 23.8. The number of nitrogens with one attached hydrogen (secondary N) is 2. The maximum Gasteiger partial charge on any atom is 0.331 e. The first-order valence-electron chi connectivity index (χ1n) is 15.1. The summed E-state index contributed by atoms with van der Waals surface area (Å²) < 4.78 is 11.0. The highest BCUT2D eigenvalue weighted by Crippen LogP contribution is 2.23. The van der Waals surface area contributed by atoms with Gasteiger partial charge in [0.15, 0.2) is 0 Å². The van der Waals surface area contributed by atoms with E-state index in [0.717, 1.165) is 19.3 Å². The van der Waals surface area contributed by atoms with E-state index >= 15 is 0 Å². The Morgan fingerprint density at radius 2 is 1.36 bits per heavy atom. The molecule has 6 atom stereocenters. The van der Waals surface area contributed by atoms with Gasteiger partial charge in [-0.1, -0.05) is 91.9 Å². The van der Waals surface area contributed by atoms with Gasteiger partial charge < -0.3 is 35.4 Å². The fourth-order valence-corrected chi connectivity index (χ4v) is 4.70. The topological polar surface area (TPSA) is 154 Å². The summed E-state index contributed by atoms with van der Waals surface area (Å²) in [5.74, 6) is -1.72. The molecule has 1 heterocycles. The quantitative estimate of drug-likeness (QED) is 0.113. The van der Waals surface area contributed by atoms with Gasteiger partial charge in [-0.25, -0.2) is 4.79 Å². The SMILES string of the molecule is CCCCCCCCCCCCCC(=O)NC(C(=O)OC1OC(CO)C(O)C(O)C1NC(=O)CCC)C(C)C. The van der Waals surface area contributed by atoms with Crippen LogP contribution in [0.4, 0.5) is 0 Å². The number of ether oxygens (including phenoxy) is 2. The molecule has 10 heteroatoms. The first-order chi connectivity index (χ1) is 18.7. The summed E-state index contributed by atoms with van der Waals surface area (Å²) in [6.45, 7) is 6.96. The predicted molar refractivity (Wildman–Crippen MR) is 149 cm³/mol. The molecule has 1 aliphatic heterocycles. The molecule has 10 nitrogen and oxygen atoms in total. The van der Waals surface area contributed by atoms with Crippen LogP contribution >= 0.6 is 0 Å². The first kappa shape index (κ1) is 35.3. The Labute approximate surface area is 234 Å². The molecule has 0 bridgehead atoms. The largest absolute Gasteiger partial charge is 0.432 e. The Kier molecular flexibility index (Phi) is 18.2. The summed E-state index contributed by atoms with van der Waals surface area (Å²) >= 11 is 0. The molecule has 0 radical (unpaired) electrons. The highest BCUT2D eigenvalue weighted by molar-refractivity contribution is 5.84. The standard InChI is InChI=1S/C29H54N2O8/c1-5-7-8-9-10-11-12-13-14-15-16-18-23(34)30-24(20(3)4)28(37)39-29-25(31-22(33)17-6-2)27(36)26(35)21(19-32)38-29/h20-21,24-27,29,32,35-36H,5-19H2,1-4H3,(H,30,34)(H,31,33). The van der Waals surface area contributed by atoms with Crippen molar-refractivity contribution in [3.05, 3.63) is 0 Å². The lowest BCUT2D eigenvalue weighted by Crippen LogP contribution is -2.65. The van der Waals surface area contributed by atoms with Crippen molar-refractivity contribution in [3.8, 4) is 0 Å². The van der Waals surface area contributed by atoms with Crippen LogP contribution in [0.2, 0.25) is 0 Å². The number of esters is 1. The molecule has 6 unspecified atom stereocenters. The summed E-state index contributed by atoms with van der Waals surface area (Å²) in [4.78, 5) is 37.8. The molecule has 0 aromatic heterocycles. The number of hydrogen-bond donors (Lipinski definition) is 5. The molecule has 228 valence electrons. The second-order valence-electron chi connectivity index (χ2n) is 11.1. The summed E-state index contributed by atoms with van der Waals surface area (Å²) in [5.41, 5.74) is 0. The number of aliphatic hydroxyl groups excluding tert-OH is 3. The summed E-state index contributed by atoms with van der Waals surface area (Å²) in [6, 6.07) is -2.19. The molecule has 0 saturated carbocycles. The van der Waals surface area contributed by atoms with Crippen molar-refractivity contribution in [1.29, 1.82) is 0 Å². The van der Waals surface area contributed by atoms with E-state index in [4.69, 9.17) is 9.47 Å². The van der Waals surface area contributed by atoms with E-state index < -0.39 is 55.2 Å². The highest BCUT2D eigenvalue weighted by atomic mass is 16.7. The monoisotopic (exact) mass is 558 g/mol. The van der Waals surface area contributed by atoms with Gasteiger partial charge in [0.25, 0.3) is 0 Å². The molecule has 1 aliphatic rings. The van der Waals surface area contributed by atoms with Crippen LogP contribution in [0.25, 0.3) is 0 Å². The second kappa shape index (κ2) is 20.2. The molecule has 5 N–H and O–H groups in total. The fraction of sp³-hybridized carbons (Fsp3) is 0.897. The molecule has 0 spiro atoms. The van der Waals surface area contributed by atoms with Gasteiger partial charge >= 0.3 is 5.97 Å². The predicted octanol–water partition coefficient (Wildman–Crippen LogP) is 3.10. The van der Waals surface area contributed by atoms with Crippen molar-refractivity contribution >= 4 is 17.8 Å². The van der Waals surface area contributed by atoms with Gasteiger partial charge in [0.2, 0.25) is 18.1 Å². The molecule has 0 aliphatic carbocycles. The van der Waals surface area contributed by atoms with E-state index in [9.17, 15) is 29.7 Å². The molecular weight excluding hydrogens is 504 g/mol. The number of rotatable bonds is 20. The zero-order chi connectivity index (χ0) is 29.2. The lowest BCUT2D eigenvalue weighted by molar-refractivity contribution is -0.264. The third kappa shape index (κ3) is 13.4. The minimum atomic E-state index is -1.53. The Bertz CT molecular complexity index is 705. The number of aliphatic hydroxyl groups is 3. The summed E-state index contributed by atoms with van der Waals surface area (Å²) in [7, 11) is 0. The zero-order valence-electron chi connectivity index (χ0n) is 24.5. The van der Waals surface area contributed by atoms with E-state index in [1.54, 1.807) is 13.8 Å². The molecular formula is C29H54N2O8. The van der Waals surface area contributed by atoms with Crippen LogP contribution in [-0.4, -0.2) is 76.4 Å². The third-order valence-corrected chi connectivity index (χ3v) is 7.16. The van der Waals surface area contributed by atoms with Gasteiger partial charge in [0, 0.05) is 12.8 Å². The maximum atomic E-state index is 13.1. The Morgan fingerprint density at radius 3 is 1.87 bits per heavy atom. The van der Waals surface area contributed by atoms with Gasteiger partial charge in [-0.3, -0.25) is 9.59 Å². The van der Waals surface area contributed by atoms with E-state index in [-0.39, 0.29) is 18.2 Å². The van der Waals surface area contributed by atoms with Crippen molar-refractivity contribution in [3.63, 3.8) is 0 Å². The van der Waals surface area contributed by atoms with E-state index in [1.165, 1.54) is 51.4 Å². The van der Waals surface area contributed by atoms with Crippen molar-refractivity contribution in [2.24, 2.45) is 5.92 Å². The number of hydrogen-bond acceptors (Lipinski definition) is 8. The van der Waals surface area contributed by atoms with Crippen molar-refractivity contribution in [1.82, 2.24) is 10.6 Å². The number of unbranched alkanes of at least 4 members (excludes halogenated alkanes) is 10. The molecule has 0 aromatic rings. The van der Waals surface area contributed by atoms with Crippen LogP contribution in [0, 0.1) is 5.92 Å². The fourth-order valence-electron chi connectivity index (χ4n) is 4.70. The third-order valence-electron chi connectivity index (χ3n) is 7.16. The van der Waals surface area contributed by atoms with Crippen LogP contribution in [0.15, 0.2) is 0 Å². The first-order valence-corrected chi connectivity index (χ1v) is 15.1. The van der Waals surface area contributed by atoms with E-state index in [1.807, 2.05) is 6.92 Å². The molecule has 1 rings (SSSR count). The summed E-state index contributed by atoms with van der Waals surface area (Å²) in [5, 5.41) is 35.6. The van der Waals surface area contributed by atoms with Crippen molar-refractivity contribution in [2.75, 3.05) is 6.61 Å². The average molecular weight is 559 g/mol. The molecule has 2 amide bonds. The van der Waals surface area contributed by atoms with Gasteiger partial charge in [0.1, 0.15) is 30.4 Å². The van der Waals surface area contributed by atoms with Crippen molar-refractivity contribution < 1.29 is 39.2 Å². The minimum Gasteiger partial charge on any atom is -0.432 e. The molecule has 0 aromatic carbocycles. The Morgan fingerprint density at radius 1 is 0.795 bits per heavy atom. The summed E-state index contributed by atoms with van der Waals surface area (Å²) in [6.07, 6.45) is 8.36. The minimum absolute atomic E-state index is 0.174. The van der Waals surface area contributed by atoms with Gasteiger partial charge in [0.05, 0.1) is 6.61 Å². The van der Waals surface area contributed by atoms with Crippen LogP contribution in [0.1, 0.15) is 118 Å². The number of amides is 2. The van der Waals surface area contributed by atoms with Crippen LogP contribution in [0.5, 0.6) is 0 Å². The van der Waals surface area contributed by atoms with E-state index in [0.29, 0.717) is 12.8 Å². The number of carbonyl (C=O) groups excluding carboxylic acids is 3. The second-order valence-corrected chi connectivity index (χ2v) is 11.1. The molecule has 1 saturated heterocycles. The smallest absolute Gasteiger partial charge is 0.331 e. The molecule has 39 heavy (non-hydrogen) atoms. The molecule has 1 fully saturated rings. The lowest BCUT2D eigenvalue weighted by Gasteiger charge is -2.42. The number of carbonyl (C=O) groups is 3. The average Bonchev–Trinajstić information content (AvgIpc) is 2.89.